The van der Waals surface area contributed by atoms with Gasteiger partial charge in [0.05, 0.1) is 39.4 Å². The molecule has 0 amide bonds. The molecule has 0 N–H and O–H groups in total. The van der Waals surface area contributed by atoms with Gasteiger partial charge >= 0.3 is 5.97 Å². The number of hydrogen-bond donors (Lipinski definition) is 0. The van der Waals surface area contributed by atoms with Crippen molar-refractivity contribution in [1.29, 1.82) is 0 Å². The van der Waals surface area contributed by atoms with Crippen molar-refractivity contribution in [3.63, 3.8) is 0 Å². The van der Waals surface area contributed by atoms with E-state index in [1.807, 2.05) is 44.2 Å². The highest BCUT2D eigenvalue weighted by Crippen LogP contribution is 2.54. The van der Waals surface area contributed by atoms with Gasteiger partial charge in [0.2, 0.25) is 0 Å². The van der Waals surface area contributed by atoms with Gasteiger partial charge in [-0.05, 0) is 24.0 Å². The topological polar surface area (TPSA) is 71.1 Å². The Hall–Kier alpha value is -3.28. The van der Waals surface area contributed by atoms with Crippen molar-refractivity contribution < 1.29 is 28.5 Å². The molecule has 3 rings (SSSR count). The van der Waals surface area contributed by atoms with Gasteiger partial charge in [-0.15, -0.1) is 0 Å². The molecule has 0 radical (unpaired) electrons. The molecule has 0 spiro atoms. The number of Topliss-reactive ketones (excluding diaryl/α,β-unsaturated/α-hetero) is 1. The van der Waals surface area contributed by atoms with E-state index in [1.54, 1.807) is 19.2 Å². The van der Waals surface area contributed by atoms with E-state index in [9.17, 15) is 9.59 Å². The van der Waals surface area contributed by atoms with Crippen LogP contribution in [0.4, 0.5) is 0 Å². The van der Waals surface area contributed by atoms with Gasteiger partial charge in [0.1, 0.15) is 22.8 Å². The van der Waals surface area contributed by atoms with Crippen molar-refractivity contribution in [2.75, 3.05) is 28.4 Å². The molecule has 0 aromatic heterocycles. The maximum atomic E-state index is 13.7. The van der Waals surface area contributed by atoms with Crippen molar-refractivity contribution in [2.45, 2.75) is 19.3 Å². The van der Waals surface area contributed by atoms with Crippen LogP contribution >= 0.6 is 0 Å². The molecule has 2 aromatic carbocycles. The lowest BCUT2D eigenvalue weighted by Crippen LogP contribution is -2.35. The van der Waals surface area contributed by atoms with E-state index in [2.05, 4.69) is 0 Å². The molecule has 0 saturated carbocycles. The molecular formula is C24H26O6. The second kappa shape index (κ2) is 8.22. The van der Waals surface area contributed by atoms with E-state index in [4.69, 9.17) is 18.9 Å². The second-order valence-electron chi connectivity index (χ2n) is 7.31. The molecule has 1 aliphatic carbocycles. The maximum Gasteiger partial charge on any atom is 0.341 e. The highest BCUT2D eigenvalue weighted by Gasteiger charge is 2.53. The zero-order chi connectivity index (χ0) is 22.1. The molecule has 158 valence electrons. The lowest BCUT2D eigenvalue weighted by molar-refractivity contribution is -0.138. The quantitative estimate of drug-likeness (QED) is 0.533. The highest BCUT2D eigenvalue weighted by atomic mass is 16.5. The molecule has 6 nitrogen and oxygen atoms in total. The van der Waals surface area contributed by atoms with E-state index in [1.165, 1.54) is 21.3 Å². The lowest BCUT2D eigenvalue weighted by Gasteiger charge is -2.30. The smallest absolute Gasteiger partial charge is 0.341 e. The zero-order valence-electron chi connectivity index (χ0n) is 18.1. The predicted molar refractivity (Wildman–Crippen MR) is 113 cm³/mol. The average Bonchev–Trinajstić information content (AvgIpc) is 2.99. The summed E-state index contributed by atoms with van der Waals surface area (Å²) in [4.78, 5) is 26.5. The largest absolute Gasteiger partial charge is 0.496 e. The number of hydrogen-bond acceptors (Lipinski definition) is 6. The first kappa shape index (κ1) is 21.4. The summed E-state index contributed by atoms with van der Waals surface area (Å²) in [5.41, 5.74) is 0.968. The Morgan fingerprint density at radius 3 is 1.97 bits per heavy atom. The summed E-state index contributed by atoms with van der Waals surface area (Å²) in [5, 5.41) is 0. The minimum Gasteiger partial charge on any atom is -0.496 e. The summed E-state index contributed by atoms with van der Waals surface area (Å²) in [7, 11) is 5.86. The monoisotopic (exact) mass is 410 g/mol. The zero-order valence-corrected chi connectivity index (χ0v) is 18.1. The maximum absolute atomic E-state index is 13.7. The van der Waals surface area contributed by atoms with Crippen LogP contribution in [0.3, 0.4) is 0 Å². The van der Waals surface area contributed by atoms with E-state index in [-0.39, 0.29) is 17.3 Å². The van der Waals surface area contributed by atoms with Crippen molar-refractivity contribution in [1.82, 2.24) is 0 Å². The van der Waals surface area contributed by atoms with Crippen LogP contribution in [0.5, 0.6) is 17.2 Å². The first-order valence-electron chi connectivity index (χ1n) is 9.58. The van der Waals surface area contributed by atoms with Gasteiger partial charge in [-0.2, -0.15) is 0 Å². The summed E-state index contributed by atoms with van der Waals surface area (Å²) in [6.45, 7) is 3.78. The van der Waals surface area contributed by atoms with Crippen LogP contribution in [-0.4, -0.2) is 40.2 Å². The molecule has 2 aromatic rings. The summed E-state index contributed by atoms with van der Waals surface area (Å²) < 4.78 is 21.5. The van der Waals surface area contributed by atoms with Crippen LogP contribution in [0.2, 0.25) is 0 Å². The number of benzene rings is 2. The fourth-order valence-corrected chi connectivity index (χ4v) is 4.17. The molecule has 0 aliphatic heterocycles. The summed E-state index contributed by atoms with van der Waals surface area (Å²) in [6, 6.07) is 12.9. The first-order valence-corrected chi connectivity index (χ1v) is 9.58. The Labute approximate surface area is 176 Å². The molecule has 0 bridgehead atoms. The van der Waals surface area contributed by atoms with E-state index < -0.39 is 11.4 Å². The molecule has 0 unspecified atom stereocenters. The third kappa shape index (κ3) is 3.12. The Morgan fingerprint density at radius 1 is 0.933 bits per heavy atom. The van der Waals surface area contributed by atoms with Crippen LogP contribution in [0.1, 0.15) is 25.0 Å². The Kier molecular flexibility index (Phi) is 5.87. The van der Waals surface area contributed by atoms with Gasteiger partial charge in [-0.3, -0.25) is 4.79 Å². The third-order valence-electron chi connectivity index (χ3n) is 6.01. The fourth-order valence-electron chi connectivity index (χ4n) is 4.17. The van der Waals surface area contributed by atoms with Crippen LogP contribution in [-0.2, 0) is 19.7 Å². The average molecular weight is 410 g/mol. The molecule has 0 heterocycles. The number of carbonyl (C=O) groups is 2. The number of esters is 1. The van der Waals surface area contributed by atoms with Crippen LogP contribution in [0.25, 0.3) is 5.57 Å². The molecule has 30 heavy (non-hydrogen) atoms. The SMILES string of the molecule is COC(=O)C1=C(c2c(OC)cc(OC)cc2OC)[C@H](C)[C@@](C)(c2ccccc2)C1=O. The number of methoxy groups -OCH3 is 4. The van der Waals surface area contributed by atoms with Gasteiger partial charge in [-0.1, -0.05) is 37.3 Å². The standard InChI is InChI=1S/C24H26O6/c1-14-19(20-17(28-4)12-16(27-3)13-18(20)29-5)21(23(26)30-6)22(25)24(14,2)15-10-8-7-9-11-15/h7-14H,1-6H3/t14-,24-/m0/s1. The minimum absolute atomic E-state index is 0.0121. The number of rotatable bonds is 6. The molecular weight excluding hydrogens is 384 g/mol. The summed E-state index contributed by atoms with van der Waals surface area (Å²) >= 11 is 0. The summed E-state index contributed by atoms with van der Waals surface area (Å²) in [6.07, 6.45) is 0. The predicted octanol–water partition coefficient (Wildman–Crippen LogP) is 3.82. The molecule has 0 fully saturated rings. The molecule has 0 saturated heterocycles. The Balaban J connectivity index is 2.35. The second-order valence-corrected chi connectivity index (χ2v) is 7.31. The van der Waals surface area contributed by atoms with Crippen LogP contribution < -0.4 is 14.2 Å². The Bertz CT molecular complexity index is 983. The van der Waals surface area contributed by atoms with Gasteiger partial charge in [-0.25, -0.2) is 4.79 Å². The third-order valence-corrected chi connectivity index (χ3v) is 6.01. The van der Waals surface area contributed by atoms with Gasteiger partial charge < -0.3 is 18.9 Å². The van der Waals surface area contributed by atoms with Crippen LogP contribution in [0, 0.1) is 5.92 Å². The van der Waals surface area contributed by atoms with Gasteiger partial charge in [0, 0.05) is 12.1 Å². The van der Waals surface area contributed by atoms with Gasteiger partial charge in [0.15, 0.2) is 5.78 Å². The van der Waals surface area contributed by atoms with E-state index in [0.717, 1.165) is 5.56 Å². The number of carbonyl (C=O) groups excluding carboxylic acids is 2. The molecule has 1 aliphatic rings. The van der Waals surface area contributed by atoms with E-state index >= 15 is 0 Å². The first-order chi connectivity index (χ1) is 14.3. The van der Waals surface area contributed by atoms with Gasteiger partial charge in [0.25, 0.3) is 0 Å². The van der Waals surface area contributed by atoms with Crippen molar-refractivity contribution in [3.05, 3.63) is 59.2 Å². The fraction of sp³-hybridized carbons (Fsp3) is 0.333. The Morgan fingerprint density at radius 2 is 1.50 bits per heavy atom. The number of ketones is 1. The van der Waals surface area contributed by atoms with Crippen molar-refractivity contribution >= 4 is 17.3 Å². The van der Waals surface area contributed by atoms with E-state index in [0.29, 0.717) is 28.4 Å². The van der Waals surface area contributed by atoms with Crippen molar-refractivity contribution in [3.8, 4) is 17.2 Å². The lowest BCUT2D eigenvalue weighted by atomic mass is 9.71. The normalized spacial score (nSPS) is 20.9. The molecule has 2 atom stereocenters. The minimum atomic E-state index is -0.948. The van der Waals surface area contributed by atoms with Crippen molar-refractivity contribution in [2.24, 2.45) is 5.92 Å². The highest BCUT2D eigenvalue weighted by molar-refractivity contribution is 6.30. The number of ether oxygens (including phenoxy) is 4. The number of allylic oxidation sites excluding steroid dienone is 1. The van der Waals surface area contributed by atoms with Crippen LogP contribution in [0.15, 0.2) is 48.0 Å². The molecule has 6 heteroatoms. The summed E-state index contributed by atoms with van der Waals surface area (Å²) in [5.74, 6) is 0.108.